The van der Waals surface area contributed by atoms with Crippen LogP contribution in [0, 0.1) is 5.92 Å². The summed E-state index contributed by atoms with van der Waals surface area (Å²) in [6, 6.07) is 0. The Morgan fingerprint density at radius 1 is 1.59 bits per heavy atom. The van der Waals surface area contributed by atoms with Crippen LogP contribution < -0.4 is 0 Å². The first-order valence-corrected chi connectivity index (χ1v) is 6.22. The predicted octanol–water partition coefficient (Wildman–Crippen LogP) is 3.10. The quantitative estimate of drug-likeness (QED) is 0.731. The summed E-state index contributed by atoms with van der Waals surface area (Å²) in [7, 11) is 0. The van der Waals surface area contributed by atoms with Gasteiger partial charge in [0.1, 0.15) is 11.9 Å². The monoisotopic (exact) mass is 246 g/mol. The zero-order chi connectivity index (χ0) is 12.9. The minimum Gasteiger partial charge on any atom is -0.386 e. The smallest absolute Gasteiger partial charge is 0.291 e. The van der Waals surface area contributed by atoms with Crippen LogP contribution in [0.4, 0.5) is 8.78 Å². The molecule has 98 valence electrons. The lowest BCUT2D eigenvalue weighted by Gasteiger charge is -2.19. The third kappa shape index (κ3) is 4.54. The first kappa shape index (κ1) is 14.3. The summed E-state index contributed by atoms with van der Waals surface area (Å²) in [5, 5.41) is 9.37. The molecule has 1 saturated carbocycles. The summed E-state index contributed by atoms with van der Waals surface area (Å²) in [4.78, 5) is 11.0. The van der Waals surface area contributed by atoms with Gasteiger partial charge in [0.15, 0.2) is 0 Å². The lowest BCUT2D eigenvalue weighted by molar-refractivity contribution is -0.117. The summed E-state index contributed by atoms with van der Waals surface area (Å²) in [5.74, 6) is -3.12. The third-order valence-corrected chi connectivity index (χ3v) is 3.15. The van der Waals surface area contributed by atoms with Gasteiger partial charge in [-0.1, -0.05) is 25.8 Å². The number of halogens is 2. The molecule has 1 aliphatic carbocycles. The molecule has 0 aromatic heterocycles. The molecule has 1 N–H and O–H groups in total. The van der Waals surface area contributed by atoms with Crippen LogP contribution >= 0.6 is 0 Å². The van der Waals surface area contributed by atoms with Crippen molar-refractivity contribution in [2.75, 3.05) is 0 Å². The van der Waals surface area contributed by atoms with Gasteiger partial charge in [-0.25, -0.2) is 0 Å². The molecule has 4 heteroatoms. The van der Waals surface area contributed by atoms with Crippen molar-refractivity contribution in [3.05, 3.63) is 12.2 Å². The number of alkyl halides is 2. The van der Waals surface area contributed by atoms with Gasteiger partial charge in [0.25, 0.3) is 5.92 Å². The molecule has 0 spiro atoms. The average molecular weight is 246 g/mol. The Balaban J connectivity index is 2.46. The molecular formula is C13H20F2O2. The van der Waals surface area contributed by atoms with Crippen molar-refractivity contribution in [2.24, 2.45) is 5.92 Å². The van der Waals surface area contributed by atoms with Crippen LogP contribution in [0.2, 0.25) is 0 Å². The molecule has 0 aromatic rings. The van der Waals surface area contributed by atoms with E-state index >= 15 is 0 Å². The van der Waals surface area contributed by atoms with Crippen LogP contribution in [0.1, 0.15) is 45.4 Å². The number of carbonyl (C=O) groups is 1. The molecule has 1 rings (SSSR count). The zero-order valence-electron chi connectivity index (χ0n) is 10.2. The third-order valence-electron chi connectivity index (χ3n) is 3.15. The van der Waals surface area contributed by atoms with Crippen LogP contribution in [0.15, 0.2) is 12.2 Å². The molecular weight excluding hydrogens is 226 g/mol. The van der Waals surface area contributed by atoms with Gasteiger partial charge in [0, 0.05) is 12.8 Å². The van der Waals surface area contributed by atoms with Crippen LogP contribution in [-0.2, 0) is 4.79 Å². The van der Waals surface area contributed by atoms with E-state index in [0.717, 1.165) is 12.5 Å². The molecule has 0 bridgehead atoms. The van der Waals surface area contributed by atoms with E-state index in [9.17, 15) is 18.7 Å². The topological polar surface area (TPSA) is 37.3 Å². The lowest BCUT2D eigenvalue weighted by Crippen LogP contribution is -2.31. The minimum absolute atomic E-state index is 0.0771. The SMILES string of the molecule is CCCCC(O)C(F)(F)/C=C/C1CCC(=O)C1. The highest BCUT2D eigenvalue weighted by Gasteiger charge is 2.35. The van der Waals surface area contributed by atoms with Crippen molar-refractivity contribution in [1.82, 2.24) is 0 Å². The summed E-state index contributed by atoms with van der Waals surface area (Å²) >= 11 is 0. The van der Waals surface area contributed by atoms with E-state index in [1.54, 1.807) is 0 Å². The van der Waals surface area contributed by atoms with Crippen molar-refractivity contribution in [3.8, 4) is 0 Å². The van der Waals surface area contributed by atoms with Crippen molar-refractivity contribution in [3.63, 3.8) is 0 Å². The summed E-state index contributed by atoms with van der Waals surface area (Å²) in [6.45, 7) is 1.89. The first-order chi connectivity index (χ1) is 7.95. The van der Waals surface area contributed by atoms with E-state index in [1.165, 1.54) is 6.08 Å². The van der Waals surface area contributed by atoms with Gasteiger partial charge in [0.05, 0.1) is 0 Å². The molecule has 0 aliphatic heterocycles. The second-order valence-electron chi connectivity index (χ2n) is 4.73. The van der Waals surface area contributed by atoms with Gasteiger partial charge in [-0.2, -0.15) is 8.78 Å². The number of carbonyl (C=O) groups excluding carboxylic acids is 1. The normalized spacial score (nSPS) is 23.5. The largest absolute Gasteiger partial charge is 0.386 e. The highest BCUT2D eigenvalue weighted by molar-refractivity contribution is 5.80. The molecule has 1 aliphatic rings. The number of hydrogen-bond acceptors (Lipinski definition) is 2. The Kier molecular flexibility index (Phi) is 5.25. The summed E-state index contributed by atoms with van der Waals surface area (Å²) < 4.78 is 26.9. The second kappa shape index (κ2) is 6.24. The number of ketones is 1. The molecule has 2 atom stereocenters. The van der Waals surface area contributed by atoms with Crippen LogP contribution in [0.5, 0.6) is 0 Å². The summed E-state index contributed by atoms with van der Waals surface area (Å²) in [6.07, 6.45) is 3.53. The van der Waals surface area contributed by atoms with Crippen LogP contribution in [0.25, 0.3) is 0 Å². The number of aliphatic hydroxyl groups excluding tert-OH is 1. The fourth-order valence-electron chi connectivity index (χ4n) is 1.97. The average Bonchev–Trinajstić information content (AvgIpc) is 2.69. The van der Waals surface area contributed by atoms with E-state index in [-0.39, 0.29) is 18.1 Å². The molecule has 0 aromatic carbocycles. The first-order valence-electron chi connectivity index (χ1n) is 6.22. The molecule has 0 heterocycles. The van der Waals surface area contributed by atoms with Gasteiger partial charge in [-0.3, -0.25) is 4.79 Å². The van der Waals surface area contributed by atoms with Gasteiger partial charge in [0.2, 0.25) is 0 Å². The van der Waals surface area contributed by atoms with E-state index in [1.807, 2.05) is 6.92 Å². The fourth-order valence-corrected chi connectivity index (χ4v) is 1.97. The minimum atomic E-state index is -3.18. The Bertz CT molecular complexity index is 287. The van der Waals surface area contributed by atoms with E-state index < -0.39 is 12.0 Å². The Morgan fingerprint density at radius 2 is 2.29 bits per heavy atom. The molecule has 1 fully saturated rings. The van der Waals surface area contributed by atoms with Gasteiger partial charge >= 0.3 is 0 Å². The van der Waals surface area contributed by atoms with Crippen molar-refractivity contribution < 1.29 is 18.7 Å². The summed E-state index contributed by atoms with van der Waals surface area (Å²) in [5.41, 5.74) is 0. The van der Waals surface area contributed by atoms with E-state index in [2.05, 4.69) is 0 Å². The van der Waals surface area contributed by atoms with Gasteiger partial charge in [-0.05, 0) is 24.8 Å². The maximum absolute atomic E-state index is 13.5. The molecule has 0 radical (unpaired) electrons. The molecule has 17 heavy (non-hydrogen) atoms. The zero-order valence-corrected chi connectivity index (χ0v) is 10.2. The standard InChI is InChI=1S/C13H20F2O2/c1-2-3-4-12(17)13(14,15)8-7-10-5-6-11(16)9-10/h7-8,10,12,17H,2-6,9H2,1H3/b8-7+. The van der Waals surface area contributed by atoms with E-state index in [4.69, 9.17) is 0 Å². The van der Waals surface area contributed by atoms with Gasteiger partial charge in [-0.15, -0.1) is 0 Å². The number of allylic oxidation sites excluding steroid dienone is 1. The Hall–Kier alpha value is -0.770. The highest BCUT2D eigenvalue weighted by Crippen LogP contribution is 2.28. The molecule has 0 amide bonds. The van der Waals surface area contributed by atoms with Crippen LogP contribution in [-0.4, -0.2) is 22.9 Å². The number of aliphatic hydroxyl groups is 1. The molecule has 0 saturated heterocycles. The van der Waals surface area contributed by atoms with Crippen molar-refractivity contribution in [1.29, 1.82) is 0 Å². The second-order valence-corrected chi connectivity index (χ2v) is 4.73. The fraction of sp³-hybridized carbons (Fsp3) is 0.769. The maximum atomic E-state index is 13.5. The van der Waals surface area contributed by atoms with Crippen LogP contribution in [0.3, 0.4) is 0 Å². The molecule has 2 unspecified atom stereocenters. The van der Waals surface area contributed by atoms with Crippen molar-refractivity contribution in [2.45, 2.75) is 57.5 Å². The number of hydrogen-bond donors (Lipinski definition) is 1. The maximum Gasteiger partial charge on any atom is 0.291 e. The van der Waals surface area contributed by atoms with Crippen molar-refractivity contribution >= 4 is 5.78 Å². The predicted molar refractivity (Wildman–Crippen MR) is 62.0 cm³/mol. The van der Waals surface area contributed by atoms with E-state index in [0.29, 0.717) is 25.7 Å². The number of Topliss-reactive ketones (excluding diaryl/α,β-unsaturated/α-hetero) is 1. The number of rotatable bonds is 6. The molecule has 2 nitrogen and oxygen atoms in total. The number of unbranched alkanes of at least 4 members (excludes halogenated alkanes) is 1. The van der Waals surface area contributed by atoms with Gasteiger partial charge < -0.3 is 5.11 Å². The Morgan fingerprint density at radius 3 is 2.82 bits per heavy atom. The Labute approximate surface area is 101 Å². The highest BCUT2D eigenvalue weighted by atomic mass is 19.3. The lowest BCUT2D eigenvalue weighted by atomic mass is 10.0.